The molecule has 2 fully saturated rings. The summed E-state index contributed by atoms with van der Waals surface area (Å²) >= 11 is 0. The van der Waals surface area contributed by atoms with Crippen LogP contribution in [0.2, 0.25) is 0 Å². The van der Waals surface area contributed by atoms with Crippen molar-refractivity contribution in [3.8, 4) is 0 Å². The van der Waals surface area contributed by atoms with Gasteiger partial charge < -0.3 is 10.2 Å². The first-order valence-electron chi connectivity index (χ1n) is 8.33. The van der Waals surface area contributed by atoms with E-state index >= 15 is 0 Å². The summed E-state index contributed by atoms with van der Waals surface area (Å²) in [4.78, 5) is 9.51. The molecule has 0 amide bonds. The summed E-state index contributed by atoms with van der Waals surface area (Å²) in [7, 11) is 1.91. The molecule has 1 heterocycles. The van der Waals surface area contributed by atoms with E-state index in [0.717, 1.165) is 44.1 Å². The zero-order valence-corrected chi connectivity index (χ0v) is 13.7. The van der Waals surface area contributed by atoms with Crippen LogP contribution in [0.15, 0.2) is 4.99 Å². The Morgan fingerprint density at radius 3 is 2.65 bits per heavy atom. The second kappa shape index (κ2) is 7.30. The second-order valence-corrected chi connectivity index (χ2v) is 6.73. The molecule has 116 valence electrons. The summed E-state index contributed by atoms with van der Waals surface area (Å²) in [5.74, 6) is 1.89. The van der Waals surface area contributed by atoms with Crippen molar-refractivity contribution in [2.45, 2.75) is 58.5 Å². The van der Waals surface area contributed by atoms with Gasteiger partial charge in [0.15, 0.2) is 5.96 Å². The van der Waals surface area contributed by atoms with Crippen LogP contribution in [0.5, 0.6) is 0 Å². The smallest absolute Gasteiger partial charge is 0.193 e. The van der Waals surface area contributed by atoms with Crippen LogP contribution >= 0.6 is 0 Å². The lowest BCUT2D eigenvalue weighted by molar-refractivity contribution is 0.212. The van der Waals surface area contributed by atoms with Crippen LogP contribution in [0.1, 0.15) is 46.5 Å². The molecule has 0 aromatic heterocycles. The molecule has 4 heteroatoms. The molecule has 20 heavy (non-hydrogen) atoms. The largest absolute Gasteiger partial charge is 0.355 e. The molecule has 1 saturated heterocycles. The fraction of sp³-hybridized carbons (Fsp3) is 0.938. The number of rotatable bonds is 5. The topological polar surface area (TPSA) is 30.9 Å². The van der Waals surface area contributed by atoms with E-state index in [9.17, 15) is 0 Å². The van der Waals surface area contributed by atoms with Crippen molar-refractivity contribution in [2.75, 3.05) is 33.2 Å². The number of guanidine groups is 1. The molecule has 0 spiro atoms. The molecule has 0 radical (unpaired) electrons. The van der Waals surface area contributed by atoms with E-state index in [1.54, 1.807) is 0 Å². The predicted molar refractivity (Wildman–Crippen MR) is 86.2 cm³/mol. The maximum atomic E-state index is 4.46. The molecular weight excluding hydrogens is 248 g/mol. The summed E-state index contributed by atoms with van der Waals surface area (Å²) in [6.07, 6.45) is 5.42. The Balaban J connectivity index is 1.76. The van der Waals surface area contributed by atoms with Gasteiger partial charge in [0.05, 0.1) is 0 Å². The van der Waals surface area contributed by atoms with Crippen LogP contribution in [-0.2, 0) is 0 Å². The van der Waals surface area contributed by atoms with Gasteiger partial charge in [0.25, 0.3) is 0 Å². The highest BCUT2D eigenvalue weighted by Gasteiger charge is 2.30. The number of likely N-dealkylation sites (tertiary alicyclic amines) is 1. The Bertz CT molecular complexity index is 320. The van der Waals surface area contributed by atoms with E-state index < -0.39 is 0 Å². The average molecular weight is 280 g/mol. The maximum absolute atomic E-state index is 4.46. The Kier molecular flexibility index (Phi) is 5.70. The molecule has 0 aromatic carbocycles. The Morgan fingerprint density at radius 2 is 2.10 bits per heavy atom. The summed E-state index contributed by atoms with van der Waals surface area (Å²) in [6, 6.07) is 1.50. The third kappa shape index (κ3) is 4.37. The molecule has 1 saturated carbocycles. The van der Waals surface area contributed by atoms with Crippen molar-refractivity contribution in [1.82, 2.24) is 15.1 Å². The fourth-order valence-electron chi connectivity index (χ4n) is 3.28. The SMILES string of the molecule is CN=C(NCCN(C(C)C)C1CC1)N1CCCC(C)C1. The van der Waals surface area contributed by atoms with Gasteiger partial charge in [-0.15, -0.1) is 0 Å². The molecular formula is C16H32N4. The zero-order chi connectivity index (χ0) is 14.5. The van der Waals surface area contributed by atoms with Crippen molar-refractivity contribution in [1.29, 1.82) is 0 Å². The highest BCUT2D eigenvalue weighted by atomic mass is 15.3. The molecule has 1 unspecified atom stereocenters. The van der Waals surface area contributed by atoms with Crippen molar-refractivity contribution in [3.63, 3.8) is 0 Å². The van der Waals surface area contributed by atoms with Gasteiger partial charge in [0, 0.05) is 45.3 Å². The first-order chi connectivity index (χ1) is 9.61. The van der Waals surface area contributed by atoms with Gasteiger partial charge in [-0.3, -0.25) is 9.89 Å². The zero-order valence-electron chi connectivity index (χ0n) is 13.7. The first kappa shape index (κ1) is 15.6. The highest BCUT2D eigenvalue weighted by molar-refractivity contribution is 5.79. The predicted octanol–water partition coefficient (Wildman–Crippen LogP) is 2.17. The van der Waals surface area contributed by atoms with Crippen LogP contribution in [0.3, 0.4) is 0 Å². The van der Waals surface area contributed by atoms with Crippen LogP contribution in [0, 0.1) is 5.92 Å². The number of nitrogens with one attached hydrogen (secondary N) is 1. The number of hydrogen-bond donors (Lipinski definition) is 1. The van der Waals surface area contributed by atoms with Crippen LogP contribution in [0.25, 0.3) is 0 Å². The lowest BCUT2D eigenvalue weighted by Gasteiger charge is -2.34. The molecule has 2 rings (SSSR count). The van der Waals surface area contributed by atoms with Crippen molar-refractivity contribution in [2.24, 2.45) is 10.9 Å². The average Bonchev–Trinajstić information content (AvgIpc) is 3.23. The lowest BCUT2D eigenvalue weighted by Crippen LogP contribution is -2.48. The number of aliphatic imine (C=N–C) groups is 1. The van der Waals surface area contributed by atoms with Gasteiger partial charge in [-0.05, 0) is 45.4 Å². The second-order valence-electron chi connectivity index (χ2n) is 6.73. The third-order valence-electron chi connectivity index (χ3n) is 4.50. The van der Waals surface area contributed by atoms with Crippen molar-refractivity contribution in [3.05, 3.63) is 0 Å². The van der Waals surface area contributed by atoms with Crippen molar-refractivity contribution >= 4 is 5.96 Å². The number of hydrogen-bond acceptors (Lipinski definition) is 2. The summed E-state index contributed by atoms with van der Waals surface area (Å²) < 4.78 is 0. The molecule has 0 aromatic rings. The quantitative estimate of drug-likeness (QED) is 0.618. The minimum atomic E-state index is 0.654. The van der Waals surface area contributed by atoms with Crippen LogP contribution < -0.4 is 5.32 Å². The normalized spacial score (nSPS) is 24.6. The minimum Gasteiger partial charge on any atom is -0.355 e. The molecule has 0 bridgehead atoms. The van der Waals surface area contributed by atoms with Gasteiger partial charge in [0.2, 0.25) is 0 Å². The van der Waals surface area contributed by atoms with E-state index in [4.69, 9.17) is 0 Å². The molecule has 1 aliphatic heterocycles. The van der Waals surface area contributed by atoms with E-state index in [1.165, 1.54) is 25.7 Å². The van der Waals surface area contributed by atoms with Crippen LogP contribution in [0.4, 0.5) is 0 Å². The summed E-state index contributed by atoms with van der Waals surface area (Å²) in [5.41, 5.74) is 0. The fourth-order valence-corrected chi connectivity index (χ4v) is 3.28. The van der Waals surface area contributed by atoms with Gasteiger partial charge in [-0.2, -0.15) is 0 Å². The number of piperidine rings is 1. The number of nitrogens with zero attached hydrogens (tertiary/aromatic N) is 3. The van der Waals surface area contributed by atoms with Gasteiger partial charge >= 0.3 is 0 Å². The van der Waals surface area contributed by atoms with Crippen LogP contribution in [-0.4, -0.2) is 61.1 Å². The minimum absolute atomic E-state index is 0.654. The van der Waals surface area contributed by atoms with Gasteiger partial charge in [0.1, 0.15) is 0 Å². The summed E-state index contributed by atoms with van der Waals surface area (Å²) in [6.45, 7) is 11.4. The Labute approximate surface area is 124 Å². The van der Waals surface area contributed by atoms with E-state index in [-0.39, 0.29) is 0 Å². The van der Waals surface area contributed by atoms with Gasteiger partial charge in [-0.25, -0.2) is 0 Å². The molecule has 1 N–H and O–H groups in total. The van der Waals surface area contributed by atoms with Crippen molar-refractivity contribution < 1.29 is 0 Å². The molecule has 4 nitrogen and oxygen atoms in total. The first-order valence-corrected chi connectivity index (χ1v) is 8.33. The highest BCUT2D eigenvalue weighted by Crippen LogP contribution is 2.27. The third-order valence-corrected chi connectivity index (χ3v) is 4.50. The molecule has 1 atom stereocenters. The lowest BCUT2D eigenvalue weighted by atomic mass is 10.0. The molecule has 1 aliphatic carbocycles. The molecule has 2 aliphatic rings. The summed E-state index contributed by atoms with van der Waals surface area (Å²) in [5, 5.41) is 3.56. The standard InChI is InChI=1S/C16H32N4/c1-13(2)20(15-7-8-15)11-9-18-16(17-4)19-10-5-6-14(3)12-19/h13-15H,5-12H2,1-4H3,(H,17,18). The van der Waals surface area contributed by atoms with E-state index in [1.807, 2.05) is 7.05 Å². The van der Waals surface area contributed by atoms with E-state index in [2.05, 4.69) is 40.9 Å². The van der Waals surface area contributed by atoms with E-state index in [0.29, 0.717) is 6.04 Å². The Morgan fingerprint density at radius 1 is 1.35 bits per heavy atom. The Hall–Kier alpha value is -0.770. The van der Waals surface area contributed by atoms with Gasteiger partial charge in [-0.1, -0.05) is 6.92 Å². The monoisotopic (exact) mass is 280 g/mol. The maximum Gasteiger partial charge on any atom is 0.193 e.